The van der Waals surface area contributed by atoms with E-state index >= 15 is 0 Å². The van der Waals surface area contributed by atoms with E-state index in [2.05, 4.69) is 80.3 Å². The Hall–Kier alpha value is -1.72. The summed E-state index contributed by atoms with van der Waals surface area (Å²) in [7, 11) is -21.3. The van der Waals surface area contributed by atoms with Crippen molar-refractivity contribution in [3.05, 3.63) is 58.2 Å². The van der Waals surface area contributed by atoms with Gasteiger partial charge in [0.15, 0.2) is 22.8 Å². The summed E-state index contributed by atoms with van der Waals surface area (Å²) in [5.74, 6) is 0. The Bertz CT molecular complexity index is 1430. The van der Waals surface area contributed by atoms with Gasteiger partial charge in [-0.25, -0.2) is 0 Å². The third-order valence-electron chi connectivity index (χ3n) is 11.3. The molecule has 2 heterocycles. The molecular weight excluding hydrogens is 908 g/mol. The van der Waals surface area contributed by atoms with Gasteiger partial charge in [0.2, 0.25) is 0 Å². The summed E-state index contributed by atoms with van der Waals surface area (Å²) in [4.78, 5) is 0. The Morgan fingerprint density at radius 3 is 0.831 bits per heavy atom. The van der Waals surface area contributed by atoms with Crippen LogP contribution >= 0.6 is 15.6 Å². The predicted octanol–water partition coefficient (Wildman–Crippen LogP) is 19.8. The van der Waals surface area contributed by atoms with E-state index in [-0.39, 0.29) is 0 Å². The first kappa shape index (κ1) is 63.3. The number of aromatic nitrogens is 2. The van der Waals surface area contributed by atoms with Crippen molar-refractivity contribution in [1.82, 2.24) is 5.32 Å². The van der Waals surface area contributed by atoms with Crippen molar-refractivity contribution in [2.75, 3.05) is 13.1 Å². The Morgan fingerprint density at radius 1 is 0.354 bits per heavy atom. The average molecular weight is 996 g/mol. The molecule has 2 aromatic rings. The number of unbranched alkanes of at least 4 members (excludes halogenated alkanes) is 22. The molecule has 0 radical (unpaired) electrons. The predicted molar refractivity (Wildman–Crippen MR) is 251 cm³/mol. The summed E-state index contributed by atoms with van der Waals surface area (Å²) in [5.41, 5.74) is 8.78. The number of aryl methyl sites for hydroxylation is 6. The first-order valence-corrected chi connectivity index (χ1v) is 28.7. The normalized spacial score (nSPS) is 14.1. The van der Waals surface area contributed by atoms with Gasteiger partial charge in [0, 0.05) is 76.9 Å². The van der Waals surface area contributed by atoms with Crippen LogP contribution in [0.25, 0.3) is 0 Å². The Labute approximate surface area is 385 Å². The zero-order valence-corrected chi connectivity index (χ0v) is 42.6. The molecule has 0 spiro atoms. The molecule has 3 nitrogen and oxygen atoms in total. The van der Waals surface area contributed by atoms with Gasteiger partial charge in [-0.3, -0.25) is 0 Å². The molecule has 388 valence electrons. The number of nitrogens with zero attached hydrogens (tertiary/aromatic N) is 2. The van der Waals surface area contributed by atoms with Gasteiger partial charge in [0.1, 0.15) is 13.1 Å². The molecule has 0 saturated heterocycles. The average Bonchev–Trinajstić information content (AvgIpc) is 3.14. The summed E-state index contributed by atoms with van der Waals surface area (Å²) in [5, 5.41) is 3.79. The Balaban J connectivity index is 0.00000251. The van der Waals surface area contributed by atoms with E-state index in [9.17, 15) is 50.4 Å². The van der Waals surface area contributed by atoms with Crippen LogP contribution in [0.2, 0.25) is 0 Å². The second-order valence-corrected chi connectivity index (χ2v) is 22.1. The molecule has 0 unspecified atom stereocenters. The van der Waals surface area contributed by atoms with Crippen molar-refractivity contribution >= 4 is 15.6 Å². The molecule has 0 aliphatic carbocycles. The summed E-state index contributed by atoms with van der Waals surface area (Å²) < 4.78 is 124. The van der Waals surface area contributed by atoms with E-state index in [1.807, 2.05) is 0 Å². The molecule has 0 aliphatic heterocycles. The van der Waals surface area contributed by atoms with Crippen LogP contribution < -0.4 is 14.5 Å². The van der Waals surface area contributed by atoms with Gasteiger partial charge in [0.25, 0.3) is 0 Å². The fourth-order valence-corrected chi connectivity index (χ4v) is 8.23. The molecule has 2 aromatic heterocycles. The minimum atomic E-state index is -10.7. The van der Waals surface area contributed by atoms with Crippen LogP contribution in [-0.4, -0.2) is 13.1 Å². The van der Waals surface area contributed by atoms with Gasteiger partial charge in [-0.15, -0.1) is 0 Å². The van der Waals surface area contributed by atoms with Crippen LogP contribution in [0.1, 0.15) is 215 Å². The molecular formula is C48H87F12N3P2. The first-order valence-electron chi connectivity index (χ1n) is 24.7. The van der Waals surface area contributed by atoms with E-state index in [0.717, 1.165) is 26.2 Å². The Morgan fingerprint density at radius 2 is 0.585 bits per heavy atom. The number of nitrogens with one attached hydrogen (secondary N) is 1. The molecule has 0 fully saturated rings. The fraction of sp³-hybridized carbons (Fsp3) is 0.792. The fourth-order valence-electron chi connectivity index (χ4n) is 8.23. The van der Waals surface area contributed by atoms with E-state index in [4.69, 9.17) is 0 Å². The van der Waals surface area contributed by atoms with Crippen LogP contribution in [-0.2, 0) is 25.9 Å². The monoisotopic (exact) mass is 996 g/mol. The number of halogens is 12. The maximum absolute atomic E-state index is 10.7. The zero-order valence-electron chi connectivity index (χ0n) is 40.8. The molecule has 65 heavy (non-hydrogen) atoms. The summed E-state index contributed by atoms with van der Waals surface area (Å²) in [6.07, 6.45) is 38.9. The van der Waals surface area contributed by atoms with Crippen LogP contribution in [0.4, 0.5) is 50.4 Å². The summed E-state index contributed by atoms with van der Waals surface area (Å²) in [6, 6.07) is 9.65. The summed E-state index contributed by atoms with van der Waals surface area (Å²) >= 11 is 0. The molecule has 0 aliphatic rings. The van der Waals surface area contributed by atoms with E-state index < -0.39 is 15.6 Å². The quantitative estimate of drug-likeness (QED) is 0.0321. The molecule has 0 bridgehead atoms. The van der Waals surface area contributed by atoms with Crippen LogP contribution in [0.3, 0.4) is 0 Å². The molecule has 0 atom stereocenters. The van der Waals surface area contributed by atoms with Crippen molar-refractivity contribution in [2.45, 2.75) is 234 Å². The molecule has 2 rings (SSSR count). The molecule has 17 heteroatoms. The van der Waals surface area contributed by atoms with E-state index in [1.165, 1.54) is 202 Å². The van der Waals surface area contributed by atoms with Crippen LogP contribution in [0.5, 0.6) is 0 Å². The molecule has 0 saturated carbocycles. The van der Waals surface area contributed by atoms with E-state index in [1.54, 1.807) is 11.4 Å². The molecule has 1 N–H and O–H groups in total. The topological polar surface area (TPSA) is 19.8 Å². The van der Waals surface area contributed by atoms with Gasteiger partial charge >= 0.3 is 66.0 Å². The van der Waals surface area contributed by atoms with Gasteiger partial charge in [-0.1, -0.05) is 155 Å². The van der Waals surface area contributed by atoms with Crippen LogP contribution in [0.15, 0.2) is 24.3 Å². The minimum absolute atomic E-state index is 1.10. The van der Waals surface area contributed by atoms with Gasteiger partial charge < -0.3 is 5.32 Å². The van der Waals surface area contributed by atoms with Crippen molar-refractivity contribution < 1.29 is 59.5 Å². The van der Waals surface area contributed by atoms with Crippen molar-refractivity contribution in [3.8, 4) is 0 Å². The van der Waals surface area contributed by atoms with Gasteiger partial charge in [0.05, 0.1) is 0 Å². The number of hydrogen-bond acceptors (Lipinski definition) is 1. The molecule has 0 amide bonds. The molecule has 0 aromatic carbocycles. The van der Waals surface area contributed by atoms with Crippen LogP contribution in [0, 0.1) is 27.7 Å². The third-order valence-corrected chi connectivity index (χ3v) is 11.3. The summed E-state index contributed by atoms with van der Waals surface area (Å²) in [6.45, 7) is 18.2. The second-order valence-electron chi connectivity index (χ2n) is 18.3. The first-order chi connectivity index (χ1) is 29.9. The van der Waals surface area contributed by atoms with Crippen molar-refractivity contribution in [1.29, 1.82) is 0 Å². The maximum atomic E-state index is 9.87. The number of rotatable bonds is 34. The number of hydrogen-bond donors (Lipinski definition) is 1. The van der Waals surface area contributed by atoms with Gasteiger partial charge in [-0.2, -0.15) is 9.13 Å². The SMILES string of the molecule is CCCCCCCCCCCCCCc1cc(C)cc(C)[n+]1CCCNCCC[n+]1c(C)cc(C)cc1CCCCCCCCCCCCCC.F[P-](F)(F)(F)(F)F.F[P-](F)(F)(F)(F)F. The standard InChI is InChI=1S/C48H87N3.2F6P/c1-7-9-11-13-15-17-19-21-23-25-27-29-33-47-41-43(3)39-45(5)50(47)37-31-35-49-36-32-38-51-46(6)40-44(4)42-48(51)34-30-28-26-24-22-20-18-16-14-12-10-8-2;2*1-7(2,3,4,5)6/h39-42,49H,7-38H2,1-6H3;;/q+2;2*-1. The van der Waals surface area contributed by atoms with E-state index in [0.29, 0.717) is 0 Å². The van der Waals surface area contributed by atoms with Gasteiger partial charge in [-0.05, 0) is 37.8 Å². The van der Waals surface area contributed by atoms with Crippen molar-refractivity contribution in [2.24, 2.45) is 0 Å². The number of pyridine rings is 2. The third kappa shape index (κ3) is 48.5. The second kappa shape index (κ2) is 29.3. The zero-order chi connectivity index (χ0) is 49.6. The van der Waals surface area contributed by atoms with Crippen molar-refractivity contribution in [3.63, 3.8) is 0 Å². The Kier molecular flexibility index (Phi) is 28.6.